The van der Waals surface area contributed by atoms with Crippen molar-refractivity contribution in [2.45, 2.75) is 83.8 Å². The number of carbonyl (C=O) groups excluding carboxylic acids is 2. The predicted molar refractivity (Wildman–Crippen MR) is 151 cm³/mol. The molecule has 8 heteroatoms. The van der Waals surface area contributed by atoms with E-state index >= 15 is 0 Å². The number of esters is 2. The summed E-state index contributed by atoms with van der Waals surface area (Å²) in [6.45, 7) is 4.24. The van der Waals surface area contributed by atoms with Gasteiger partial charge in [0.25, 0.3) is 0 Å². The number of nitrogens with zero attached hydrogens (tertiary/aromatic N) is 1. The fourth-order valence-electron chi connectivity index (χ4n) is 3.38. The lowest BCUT2D eigenvalue weighted by Crippen LogP contribution is -2.50. The normalized spacial score (nSPS) is 14.0. The topological polar surface area (TPSA) is 99.1 Å². The van der Waals surface area contributed by atoms with Crippen LogP contribution >= 0.6 is 0 Å². The second kappa shape index (κ2) is 22.3. The summed E-state index contributed by atoms with van der Waals surface area (Å²) in [6, 6.07) is -0.627. The first kappa shape index (κ1) is 35.3. The zero-order valence-electron chi connectivity index (χ0n) is 24.1. The van der Waals surface area contributed by atoms with Crippen molar-refractivity contribution >= 4 is 17.9 Å². The van der Waals surface area contributed by atoms with Gasteiger partial charge in [-0.05, 0) is 38.5 Å². The number of ether oxygens (including phenoxy) is 3. The quantitative estimate of drug-likeness (QED) is 0.0857. The zero-order valence-corrected chi connectivity index (χ0v) is 24.1. The van der Waals surface area contributed by atoms with Crippen LogP contribution in [-0.4, -0.2) is 80.6 Å². The maximum Gasteiger partial charge on any atom is 0.362 e. The number of aliphatic carboxylic acids is 1. The van der Waals surface area contributed by atoms with Gasteiger partial charge in [-0.2, -0.15) is 0 Å². The lowest BCUT2D eigenvalue weighted by Gasteiger charge is -2.31. The molecule has 0 bridgehead atoms. The number of quaternary nitrogens is 1. The van der Waals surface area contributed by atoms with Crippen LogP contribution in [0.15, 0.2) is 48.6 Å². The molecule has 0 aromatic carbocycles. The Morgan fingerprint density at radius 2 is 1.29 bits per heavy atom. The highest BCUT2D eigenvalue weighted by Gasteiger charge is 2.31. The Morgan fingerprint density at radius 1 is 0.763 bits per heavy atom. The van der Waals surface area contributed by atoms with Gasteiger partial charge in [-0.1, -0.05) is 62.5 Å². The van der Waals surface area contributed by atoms with Gasteiger partial charge in [0.15, 0.2) is 12.1 Å². The smallest absolute Gasteiger partial charge is 0.362 e. The van der Waals surface area contributed by atoms with E-state index in [1.165, 1.54) is 0 Å². The van der Waals surface area contributed by atoms with E-state index in [0.717, 1.165) is 25.7 Å². The van der Waals surface area contributed by atoms with Crippen molar-refractivity contribution in [2.24, 2.45) is 0 Å². The van der Waals surface area contributed by atoms with Crippen molar-refractivity contribution in [3.63, 3.8) is 0 Å². The van der Waals surface area contributed by atoms with Crippen molar-refractivity contribution in [3.05, 3.63) is 48.6 Å². The van der Waals surface area contributed by atoms with E-state index in [9.17, 15) is 19.5 Å². The molecule has 1 N–H and O–H groups in total. The molecule has 0 heterocycles. The number of carbonyl (C=O) groups is 3. The summed E-state index contributed by atoms with van der Waals surface area (Å²) in [5.74, 6) is -1.67. The second-order valence-electron chi connectivity index (χ2n) is 9.88. The summed E-state index contributed by atoms with van der Waals surface area (Å²) >= 11 is 0. The highest BCUT2D eigenvalue weighted by atomic mass is 16.6. The first-order chi connectivity index (χ1) is 18.1. The Labute approximate surface area is 229 Å². The number of likely N-dealkylation sites (N-methyl/N-ethyl adjacent to an activating group) is 1. The molecule has 0 amide bonds. The van der Waals surface area contributed by atoms with Crippen LogP contribution in [0.5, 0.6) is 0 Å². The molecule has 0 aromatic rings. The van der Waals surface area contributed by atoms with Crippen molar-refractivity contribution in [2.75, 3.05) is 41.0 Å². The number of hydrogen-bond acceptors (Lipinski definition) is 6. The predicted octanol–water partition coefficient (Wildman–Crippen LogP) is 5.39. The molecule has 0 aromatic heterocycles. The molecule has 0 aliphatic carbocycles. The van der Waals surface area contributed by atoms with E-state index in [-0.39, 0.29) is 43.1 Å². The number of hydrogen-bond donors (Lipinski definition) is 1. The van der Waals surface area contributed by atoms with Crippen LogP contribution in [0.4, 0.5) is 0 Å². The van der Waals surface area contributed by atoms with E-state index in [1.807, 2.05) is 45.4 Å². The number of carboxylic acids is 1. The summed E-state index contributed by atoms with van der Waals surface area (Å²) in [5.41, 5.74) is 0. The second-order valence-corrected chi connectivity index (χ2v) is 9.88. The lowest BCUT2D eigenvalue weighted by atomic mass is 10.1. The highest BCUT2D eigenvalue weighted by Crippen LogP contribution is 2.09. The van der Waals surface area contributed by atoms with Crippen molar-refractivity contribution in [1.29, 1.82) is 0 Å². The van der Waals surface area contributed by atoms with E-state index < -0.39 is 24.1 Å². The van der Waals surface area contributed by atoms with E-state index in [1.54, 1.807) is 0 Å². The molecular weight excluding hydrogens is 486 g/mol. The third-order valence-electron chi connectivity index (χ3n) is 5.50. The summed E-state index contributed by atoms with van der Waals surface area (Å²) in [5, 5.41) is 9.47. The van der Waals surface area contributed by atoms with Crippen molar-refractivity contribution in [3.8, 4) is 0 Å². The first-order valence-electron chi connectivity index (χ1n) is 13.7. The molecule has 216 valence electrons. The Hall–Kier alpha value is -2.71. The molecule has 0 aliphatic rings. The molecule has 0 saturated heterocycles. The Kier molecular flexibility index (Phi) is 20.7. The zero-order chi connectivity index (χ0) is 28.7. The molecule has 2 atom stereocenters. The van der Waals surface area contributed by atoms with Gasteiger partial charge in [0.05, 0.1) is 34.4 Å². The van der Waals surface area contributed by atoms with Crippen LogP contribution in [0.3, 0.4) is 0 Å². The lowest BCUT2D eigenvalue weighted by molar-refractivity contribution is -0.887. The Balaban J connectivity index is 4.73. The van der Waals surface area contributed by atoms with Crippen molar-refractivity contribution in [1.82, 2.24) is 0 Å². The van der Waals surface area contributed by atoms with Crippen LogP contribution in [0, 0.1) is 0 Å². The minimum absolute atomic E-state index is 0.0177. The minimum atomic E-state index is -0.897. The molecule has 0 saturated carbocycles. The number of carboxylic acid groups (broad SMARTS) is 1. The molecule has 0 radical (unpaired) electrons. The fraction of sp³-hybridized carbons (Fsp3) is 0.633. The van der Waals surface area contributed by atoms with Gasteiger partial charge in [0.2, 0.25) is 0 Å². The van der Waals surface area contributed by atoms with E-state index in [2.05, 4.69) is 38.2 Å². The van der Waals surface area contributed by atoms with Gasteiger partial charge < -0.3 is 23.8 Å². The van der Waals surface area contributed by atoms with Crippen LogP contribution in [-0.2, 0) is 28.6 Å². The molecule has 38 heavy (non-hydrogen) atoms. The third kappa shape index (κ3) is 20.4. The van der Waals surface area contributed by atoms with Crippen LogP contribution in [0.2, 0.25) is 0 Å². The Bertz CT molecular complexity index is 778. The van der Waals surface area contributed by atoms with Crippen molar-refractivity contribution < 1.29 is 38.2 Å². The van der Waals surface area contributed by atoms with Gasteiger partial charge in [0.1, 0.15) is 6.61 Å². The van der Waals surface area contributed by atoms with Gasteiger partial charge in [-0.25, -0.2) is 4.79 Å². The summed E-state index contributed by atoms with van der Waals surface area (Å²) in [6.07, 6.45) is 21.0. The van der Waals surface area contributed by atoms with Gasteiger partial charge in [-0.15, -0.1) is 0 Å². The maximum absolute atomic E-state index is 12.4. The van der Waals surface area contributed by atoms with Gasteiger partial charge >= 0.3 is 17.9 Å². The van der Waals surface area contributed by atoms with E-state index in [4.69, 9.17) is 14.2 Å². The summed E-state index contributed by atoms with van der Waals surface area (Å²) in [7, 11) is 5.44. The molecule has 0 spiro atoms. The van der Waals surface area contributed by atoms with Crippen LogP contribution in [0.1, 0.15) is 71.6 Å². The molecule has 2 unspecified atom stereocenters. The monoisotopic (exact) mass is 536 g/mol. The molecule has 8 nitrogen and oxygen atoms in total. The molecular formula is C30H50NO7+. The standard InChI is InChI=1S/C30H49NO7/c1-6-8-10-12-14-16-18-20-28(32)37-25-26(24-36-23-22-27(30(34)35)31(3,4)5)38-29(33)21-19-17-15-13-11-9-7-2/h8-11,14-17,26-27H,6-7,12-13,18-25H2,1-5H3/p+1/b10-8+,11-9+,16-14+,17-15+. The third-order valence-corrected chi connectivity index (χ3v) is 5.50. The SMILES string of the molecule is CC/C=C/C/C=C/CCC(=O)OCC(COCCC(C(=O)O)[N+](C)(C)C)OC(=O)CC/C=C/C/C=C/CC. The van der Waals surface area contributed by atoms with E-state index in [0.29, 0.717) is 19.3 Å². The van der Waals surface area contributed by atoms with Crippen LogP contribution in [0.25, 0.3) is 0 Å². The Morgan fingerprint density at radius 3 is 1.79 bits per heavy atom. The first-order valence-corrected chi connectivity index (χ1v) is 13.7. The van der Waals surface area contributed by atoms with Gasteiger partial charge in [0, 0.05) is 19.3 Å². The summed E-state index contributed by atoms with van der Waals surface area (Å²) < 4.78 is 16.8. The number of allylic oxidation sites excluding steroid dienone is 8. The highest BCUT2D eigenvalue weighted by molar-refractivity contribution is 5.72. The average molecular weight is 537 g/mol. The number of rotatable bonds is 22. The van der Waals surface area contributed by atoms with Gasteiger partial charge in [-0.3, -0.25) is 9.59 Å². The van der Waals surface area contributed by atoms with Crippen LogP contribution < -0.4 is 0 Å². The summed E-state index contributed by atoms with van der Waals surface area (Å²) in [4.78, 5) is 36.1. The molecule has 0 rings (SSSR count). The maximum atomic E-state index is 12.4. The minimum Gasteiger partial charge on any atom is -0.477 e. The largest absolute Gasteiger partial charge is 0.477 e. The molecule has 0 aliphatic heterocycles. The fourth-order valence-corrected chi connectivity index (χ4v) is 3.38. The molecule has 0 fully saturated rings. The average Bonchev–Trinajstić information content (AvgIpc) is 2.84.